The van der Waals surface area contributed by atoms with Gasteiger partial charge in [-0.3, -0.25) is 0 Å². The predicted molar refractivity (Wildman–Crippen MR) is 160 cm³/mol. The van der Waals surface area contributed by atoms with Crippen molar-refractivity contribution in [1.29, 1.82) is 0 Å². The number of rotatable bonds is 12. The number of ether oxygens (including phenoxy) is 1. The lowest BCUT2D eigenvalue weighted by Crippen LogP contribution is -2.51. The molecule has 0 spiro atoms. The smallest absolute Gasteiger partial charge is 0.407 e. The van der Waals surface area contributed by atoms with Crippen LogP contribution in [-0.4, -0.2) is 18.7 Å². The summed E-state index contributed by atoms with van der Waals surface area (Å²) in [4.78, 5) is 12.5. The average molecular weight is 528 g/mol. The van der Waals surface area contributed by atoms with E-state index >= 15 is 0 Å². The fourth-order valence-corrected chi connectivity index (χ4v) is 9.86. The third kappa shape index (κ3) is 6.49. The van der Waals surface area contributed by atoms with Gasteiger partial charge in [0.05, 0.1) is 0 Å². The van der Waals surface area contributed by atoms with Crippen LogP contribution in [0.25, 0.3) is 0 Å². The number of nitrogens with one attached hydrogen (secondary N) is 1. The molecule has 0 aliphatic heterocycles. The zero-order valence-electron chi connectivity index (χ0n) is 26.0. The highest BCUT2D eigenvalue weighted by atomic mass is 16.6. The van der Waals surface area contributed by atoms with Gasteiger partial charge in [-0.1, -0.05) is 98.1 Å². The Kier molecular flexibility index (Phi) is 10.3. The second-order valence-electron chi connectivity index (χ2n) is 14.9. The first kappa shape index (κ1) is 30.0. The molecular formula is C35H61NO2. The molecule has 38 heavy (non-hydrogen) atoms. The molecule has 4 aliphatic carbocycles. The van der Waals surface area contributed by atoms with E-state index in [1.165, 1.54) is 83.5 Å². The number of hydrogen-bond donors (Lipinski definition) is 1. The van der Waals surface area contributed by atoms with E-state index in [0.29, 0.717) is 10.8 Å². The van der Waals surface area contributed by atoms with E-state index in [0.717, 1.165) is 61.3 Å². The second-order valence-corrected chi connectivity index (χ2v) is 14.9. The standard InChI is InChI=1S/C35H61NO2/c1-7-8-9-10-11-23-36-33(37)38-28-19-21-34(5)27(24-28)15-16-29-31-18-17-30(26(4)14-12-13-25(2)3)35(31,6)22-20-32(29)34/h15,25-26,28-32H,7-14,16-24H2,1-6H3,(H,36,37)/t26-,28?,29?,30-,31?,32?,34+,35-/m1/s1. The van der Waals surface area contributed by atoms with Gasteiger partial charge >= 0.3 is 6.09 Å². The molecule has 0 aromatic carbocycles. The Labute approximate surface area is 235 Å². The van der Waals surface area contributed by atoms with Gasteiger partial charge in [-0.25, -0.2) is 4.79 Å². The highest BCUT2D eigenvalue weighted by Gasteiger charge is 2.59. The molecule has 0 aromatic rings. The minimum Gasteiger partial charge on any atom is -0.446 e. The molecule has 4 unspecified atom stereocenters. The van der Waals surface area contributed by atoms with Crippen LogP contribution in [0.1, 0.15) is 144 Å². The van der Waals surface area contributed by atoms with Crippen LogP contribution in [0.15, 0.2) is 11.6 Å². The quantitative estimate of drug-likeness (QED) is 0.202. The zero-order chi connectivity index (χ0) is 27.3. The second kappa shape index (κ2) is 13.1. The van der Waals surface area contributed by atoms with Crippen molar-refractivity contribution in [3.05, 3.63) is 11.6 Å². The third-order valence-electron chi connectivity index (χ3n) is 12.1. The van der Waals surface area contributed by atoms with Crippen LogP contribution in [0, 0.1) is 46.3 Å². The molecule has 8 atom stereocenters. The summed E-state index contributed by atoms with van der Waals surface area (Å²) < 4.78 is 5.93. The lowest BCUT2D eigenvalue weighted by Gasteiger charge is -2.58. The summed E-state index contributed by atoms with van der Waals surface area (Å²) in [7, 11) is 0. The molecule has 3 heteroatoms. The van der Waals surface area contributed by atoms with Gasteiger partial charge < -0.3 is 10.1 Å². The van der Waals surface area contributed by atoms with Crippen LogP contribution in [0.4, 0.5) is 4.79 Å². The molecule has 3 fully saturated rings. The molecule has 0 saturated heterocycles. The van der Waals surface area contributed by atoms with Crippen molar-refractivity contribution in [3.8, 4) is 0 Å². The molecule has 4 rings (SSSR count). The van der Waals surface area contributed by atoms with Gasteiger partial charge in [-0.15, -0.1) is 0 Å². The maximum Gasteiger partial charge on any atom is 0.407 e. The van der Waals surface area contributed by atoms with E-state index in [4.69, 9.17) is 4.74 Å². The van der Waals surface area contributed by atoms with Crippen molar-refractivity contribution in [2.24, 2.45) is 46.3 Å². The molecule has 218 valence electrons. The summed E-state index contributed by atoms with van der Waals surface area (Å²) in [5, 5.41) is 3.01. The van der Waals surface area contributed by atoms with E-state index < -0.39 is 0 Å². The van der Waals surface area contributed by atoms with Gasteiger partial charge in [-0.05, 0) is 97.7 Å². The Bertz CT molecular complexity index is 804. The minimum absolute atomic E-state index is 0.0578. The minimum atomic E-state index is -0.198. The first-order chi connectivity index (χ1) is 18.2. The Morgan fingerprint density at radius 1 is 0.974 bits per heavy atom. The van der Waals surface area contributed by atoms with Crippen molar-refractivity contribution in [2.75, 3.05) is 6.54 Å². The van der Waals surface area contributed by atoms with Gasteiger partial charge in [0.25, 0.3) is 0 Å². The maximum absolute atomic E-state index is 12.5. The number of carbonyl (C=O) groups excluding carboxylic acids is 1. The van der Waals surface area contributed by atoms with Gasteiger partial charge in [0.2, 0.25) is 0 Å². The largest absolute Gasteiger partial charge is 0.446 e. The van der Waals surface area contributed by atoms with Crippen LogP contribution < -0.4 is 5.32 Å². The fraction of sp³-hybridized carbons (Fsp3) is 0.914. The maximum atomic E-state index is 12.5. The first-order valence-electron chi connectivity index (χ1n) is 16.8. The topological polar surface area (TPSA) is 38.3 Å². The van der Waals surface area contributed by atoms with Crippen LogP contribution >= 0.6 is 0 Å². The van der Waals surface area contributed by atoms with Crippen molar-refractivity contribution in [1.82, 2.24) is 5.32 Å². The average Bonchev–Trinajstić information content (AvgIpc) is 3.23. The van der Waals surface area contributed by atoms with Gasteiger partial charge in [0, 0.05) is 13.0 Å². The molecule has 1 N–H and O–H groups in total. The van der Waals surface area contributed by atoms with Gasteiger partial charge in [0.1, 0.15) is 6.10 Å². The molecule has 1 amide bonds. The summed E-state index contributed by atoms with van der Waals surface area (Å²) in [6, 6.07) is 0. The van der Waals surface area contributed by atoms with E-state index in [1.54, 1.807) is 5.57 Å². The lowest BCUT2D eigenvalue weighted by molar-refractivity contribution is -0.0581. The Hall–Kier alpha value is -0.990. The monoisotopic (exact) mass is 527 g/mol. The Morgan fingerprint density at radius 3 is 2.53 bits per heavy atom. The highest BCUT2D eigenvalue weighted by Crippen LogP contribution is 2.67. The Balaban J connectivity index is 1.31. The van der Waals surface area contributed by atoms with Crippen molar-refractivity contribution in [2.45, 2.75) is 150 Å². The molecule has 0 heterocycles. The molecular weight excluding hydrogens is 466 g/mol. The number of hydrogen-bond acceptors (Lipinski definition) is 2. The predicted octanol–water partition coefficient (Wildman–Crippen LogP) is 10.1. The molecule has 0 bridgehead atoms. The van der Waals surface area contributed by atoms with Crippen molar-refractivity contribution in [3.63, 3.8) is 0 Å². The van der Waals surface area contributed by atoms with Crippen molar-refractivity contribution < 1.29 is 9.53 Å². The Morgan fingerprint density at radius 2 is 1.76 bits per heavy atom. The first-order valence-corrected chi connectivity index (χ1v) is 16.8. The van der Waals surface area contributed by atoms with E-state index in [9.17, 15) is 4.79 Å². The summed E-state index contributed by atoms with van der Waals surface area (Å²) >= 11 is 0. The zero-order valence-corrected chi connectivity index (χ0v) is 26.0. The number of amides is 1. The number of unbranched alkanes of at least 4 members (excludes halogenated alkanes) is 4. The van der Waals surface area contributed by atoms with E-state index in [1.807, 2.05) is 0 Å². The summed E-state index contributed by atoms with van der Waals surface area (Å²) in [5.41, 5.74) is 2.48. The van der Waals surface area contributed by atoms with Gasteiger partial charge in [-0.2, -0.15) is 0 Å². The van der Waals surface area contributed by atoms with Crippen LogP contribution in [-0.2, 0) is 4.74 Å². The fourth-order valence-electron chi connectivity index (χ4n) is 9.86. The van der Waals surface area contributed by atoms with Crippen LogP contribution in [0.2, 0.25) is 0 Å². The van der Waals surface area contributed by atoms with E-state index in [2.05, 4.69) is 52.9 Å². The lowest BCUT2D eigenvalue weighted by atomic mass is 9.47. The van der Waals surface area contributed by atoms with E-state index in [-0.39, 0.29) is 12.2 Å². The number of alkyl carbamates (subject to hydrolysis) is 1. The third-order valence-corrected chi connectivity index (χ3v) is 12.1. The molecule has 0 aromatic heterocycles. The molecule has 3 nitrogen and oxygen atoms in total. The normalized spacial score (nSPS) is 37.1. The van der Waals surface area contributed by atoms with Crippen LogP contribution in [0.3, 0.4) is 0 Å². The highest BCUT2D eigenvalue weighted by molar-refractivity contribution is 5.67. The summed E-state index contributed by atoms with van der Waals surface area (Å²) in [6.07, 6.45) is 23.0. The number of carbonyl (C=O) groups is 1. The molecule has 0 radical (unpaired) electrons. The van der Waals surface area contributed by atoms with Crippen molar-refractivity contribution >= 4 is 6.09 Å². The van der Waals surface area contributed by atoms with Crippen LogP contribution in [0.5, 0.6) is 0 Å². The SMILES string of the molecule is CCCCCCCNC(=O)OC1CC[C@@]2(C)C(=CCC3C2CC[C@@]2(C)C3CC[C@@H]2[C@H](C)CCCC(C)C)C1. The summed E-state index contributed by atoms with van der Waals surface area (Å²) in [5.74, 6) is 5.24. The molecule has 3 saturated carbocycles. The summed E-state index contributed by atoms with van der Waals surface area (Å²) in [6.45, 7) is 15.6. The molecule has 4 aliphatic rings. The van der Waals surface area contributed by atoms with Gasteiger partial charge in [0.15, 0.2) is 0 Å². The number of allylic oxidation sites excluding steroid dienone is 1. The number of fused-ring (bicyclic) bond motifs is 5.